The van der Waals surface area contributed by atoms with Crippen molar-refractivity contribution in [3.8, 4) is 5.75 Å². The minimum Gasteiger partial charge on any atom is -0.497 e. The Labute approximate surface area is 247 Å². The van der Waals surface area contributed by atoms with E-state index in [0.717, 1.165) is 30.4 Å². The lowest BCUT2D eigenvalue weighted by atomic mass is 9.99. The van der Waals surface area contributed by atoms with Crippen LogP contribution in [-0.2, 0) is 25.2 Å². The summed E-state index contributed by atoms with van der Waals surface area (Å²) in [7, 11) is -1.34. The quantitative estimate of drug-likeness (QED) is 0.0711. The van der Waals surface area contributed by atoms with E-state index in [4.69, 9.17) is 23.4 Å². The zero-order valence-corrected chi connectivity index (χ0v) is 29.5. The molecule has 0 amide bonds. The Morgan fingerprint density at radius 2 is 1.65 bits per heavy atom. The van der Waals surface area contributed by atoms with E-state index in [1.807, 2.05) is 24.3 Å². The standard InChI is InChI=1S/C32H60O6Si2/c1-26(20-29(33)21-27(2)22-36-23-28-13-16-30(34-6)17-14-28)12-15-31(24-38-40(10,11)32(3,4)5)37-25-35-18-19-39(7,8)9/h12-14,16-17,27,29,31,33H,15,18-25H2,1-11H3/b26-12-/t27-,29?,31-/m0/s1. The lowest BCUT2D eigenvalue weighted by Gasteiger charge is -2.37. The molecule has 1 aromatic carbocycles. The average Bonchev–Trinajstić information content (AvgIpc) is 2.83. The molecule has 0 heterocycles. The molecule has 1 unspecified atom stereocenters. The van der Waals surface area contributed by atoms with Gasteiger partial charge in [0.2, 0.25) is 0 Å². The topological polar surface area (TPSA) is 66.4 Å². The van der Waals surface area contributed by atoms with Gasteiger partial charge >= 0.3 is 0 Å². The molecule has 0 aromatic heterocycles. The number of rotatable bonds is 20. The van der Waals surface area contributed by atoms with Crippen molar-refractivity contribution in [3.05, 3.63) is 41.5 Å². The number of methoxy groups -OCH3 is 1. The first-order chi connectivity index (χ1) is 18.5. The minimum absolute atomic E-state index is 0.0709. The molecule has 1 aromatic rings. The maximum absolute atomic E-state index is 10.7. The van der Waals surface area contributed by atoms with Gasteiger partial charge in [0.15, 0.2) is 8.32 Å². The maximum atomic E-state index is 10.7. The highest BCUT2D eigenvalue weighted by molar-refractivity contribution is 6.76. The van der Waals surface area contributed by atoms with Crippen LogP contribution in [0.1, 0.15) is 59.4 Å². The van der Waals surface area contributed by atoms with E-state index >= 15 is 0 Å². The summed E-state index contributed by atoms with van der Waals surface area (Å²) in [5.41, 5.74) is 2.28. The van der Waals surface area contributed by atoms with Crippen molar-refractivity contribution in [1.82, 2.24) is 0 Å². The van der Waals surface area contributed by atoms with Gasteiger partial charge in [0, 0.05) is 21.3 Å². The van der Waals surface area contributed by atoms with E-state index < -0.39 is 22.5 Å². The Bertz CT molecular complexity index is 842. The number of aliphatic hydroxyl groups is 1. The molecule has 0 saturated heterocycles. The van der Waals surface area contributed by atoms with E-state index in [0.29, 0.717) is 39.5 Å². The van der Waals surface area contributed by atoms with Crippen molar-refractivity contribution in [1.29, 1.82) is 0 Å². The summed E-state index contributed by atoms with van der Waals surface area (Å²) < 4.78 is 29.5. The third-order valence-electron chi connectivity index (χ3n) is 7.61. The summed E-state index contributed by atoms with van der Waals surface area (Å²) in [5, 5.41) is 10.9. The first-order valence-electron chi connectivity index (χ1n) is 14.9. The number of hydrogen-bond acceptors (Lipinski definition) is 6. The first kappa shape index (κ1) is 37.0. The molecule has 0 aliphatic heterocycles. The predicted octanol–water partition coefficient (Wildman–Crippen LogP) is 8.04. The molecule has 1 N–H and O–H groups in total. The monoisotopic (exact) mass is 596 g/mol. The fraction of sp³-hybridized carbons (Fsp3) is 0.750. The lowest BCUT2D eigenvalue weighted by molar-refractivity contribution is -0.0966. The summed E-state index contributed by atoms with van der Waals surface area (Å²) in [6.45, 7) is 25.3. The van der Waals surface area contributed by atoms with Crippen molar-refractivity contribution in [2.24, 2.45) is 5.92 Å². The fourth-order valence-corrected chi connectivity index (χ4v) is 5.58. The molecule has 0 radical (unpaired) electrons. The highest BCUT2D eigenvalue weighted by atomic mass is 28.4. The molecular weight excluding hydrogens is 537 g/mol. The van der Waals surface area contributed by atoms with Crippen molar-refractivity contribution < 1.29 is 28.5 Å². The van der Waals surface area contributed by atoms with Crippen LogP contribution in [-0.4, -0.2) is 67.4 Å². The van der Waals surface area contributed by atoms with E-state index in [2.05, 4.69) is 73.4 Å². The third kappa shape index (κ3) is 16.4. The first-order valence-corrected chi connectivity index (χ1v) is 21.5. The Hall–Kier alpha value is -1.01. The minimum atomic E-state index is -1.88. The van der Waals surface area contributed by atoms with Crippen molar-refractivity contribution in [2.45, 2.75) is 117 Å². The molecule has 1 rings (SSSR count). The van der Waals surface area contributed by atoms with Gasteiger partial charge in [-0.1, -0.05) is 71.1 Å². The molecule has 0 spiro atoms. The molecule has 0 aliphatic rings. The summed E-state index contributed by atoms with van der Waals surface area (Å²) in [5.74, 6) is 1.11. The molecule has 0 fully saturated rings. The van der Waals surface area contributed by atoms with Gasteiger partial charge in [-0.15, -0.1) is 0 Å². The van der Waals surface area contributed by atoms with E-state index in [9.17, 15) is 5.11 Å². The average molecular weight is 597 g/mol. The maximum Gasteiger partial charge on any atom is 0.192 e. The second-order valence-electron chi connectivity index (χ2n) is 14.0. The summed E-state index contributed by atoms with van der Waals surface area (Å²) in [6, 6.07) is 9.04. The zero-order valence-electron chi connectivity index (χ0n) is 27.5. The molecule has 232 valence electrons. The van der Waals surface area contributed by atoms with Crippen LogP contribution in [0.2, 0.25) is 43.8 Å². The van der Waals surface area contributed by atoms with Gasteiger partial charge in [0.1, 0.15) is 12.5 Å². The van der Waals surface area contributed by atoms with Gasteiger partial charge in [-0.25, -0.2) is 0 Å². The van der Waals surface area contributed by atoms with Crippen molar-refractivity contribution in [3.63, 3.8) is 0 Å². The van der Waals surface area contributed by atoms with Crippen LogP contribution in [0.4, 0.5) is 0 Å². The van der Waals surface area contributed by atoms with Crippen LogP contribution >= 0.6 is 0 Å². The molecule has 6 nitrogen and oxygen atoms in total. The van der Waals surface area contributed by atoms with Gasteiger partial charge in [-0.3, -0.25) is 0 Å². The van der Waals surface area contributed by atoms with Crippen LogP contribution in [0.15, 0.2) is 35.9 Å². The molecule has 0 aliphatic carbocycles. The SMILES string of the molecule is COc1ccc(COC[C@@H](C)CC(O)C/C(C)=C\C[C@@H](CO[Si](C)(C)C(C)(C)C)OCOCC[Si](C)(C)C)cc1. The lowest BCUT2D eigenvalue weighted by Crippen LogP contribution is -2.43. The normalized spacial score (nSPS) is 15.7. The molecule has 0 bridgehead atoms. The molecule has 0 saturated carbocycles. The zero-order chi connectivity index (χ0) is 30.4. The van der Waals surface area contributed by atoms with E-state index in [-0.39, 0.29) is 17.1 Å². The van der Waals surface area contributed by atoms with Gasteiger partial charge in [-0.2, -0.15) is 0 Å². The van der Waals surface area contributed by atoms with Gasteiger partial charge in [-0.05, 0) is 74.0 Å². The van der Waals surface area contributed by atoms with Crippen LogP contribution in [0.3, 0.4) is 0 Å². The van der Waals surface area contributed by atoms with Crippen LogP contribution in [0.25, 0.3) is 0 Å². The number of hydrogen-bond donors (Lipinski definition) is 1. The van der Waals surface area contributed by atoms with Crippen LogP contribution < -0.4 is 4.74 Å². The van der Waals surface area contributed by atoms with Gasteiger partial charge in [0.25, 0.3) is 0 Å². The highest BCUT2D eigenvalue weighted by Gasteiger charge is 2.37. The molecule has 40 heavy (non-hydrogen) atoms. The summed E-state index contributed by atoms with van der Waals surface area (Å²) in [4.78, 5) is 0. The number of aliphatic hydroxyl groups excluding tert-OH is 1. The Morgan fingerprint density at radius 1 is 1.00 bits per heavy atom. The Kier molecular flexibility index (Phi) is 16.5. The molecular formula is C32H60O6Si2. The molecule has 8 heteroatoms. The second-order valence-corrected chi connectivity index (χ2v) is 24.5. The number of ether oxygens (including phenoxy) is 4. The largest absolute Gasteiger partial charge is 0.497 e. The highest BCUT2D eigenvalue weighted by Crippen LogP contribution is 2.36. The Morgan fingerprint density at radius 3 is 2.23 bits per heavy atom. The Balaban J connectivity index is 2.53. The van der Waals surface area contributed by atoms with Crippen LogP contribution in [0, 0.1) is 5.92 Å². The van der Waals surface area contributed by atoms with Crippen molar-refractivity contribution >= 4 is 16.4 Å². The second kappa shape index (κ2) is 17.8. The van der Waals surface area contributed by atoms with Crippen molar-refractivity contribution in [2.75, 3.05) is 33.7 Å². The third-order valence-corrected chi connectivity index (χ3v) is 13.8. The smallest absolute Gasteiger partial charge is 0.192 e. The van der Waals surface area contributed by atoms with Crippen LogP contribution in [0.5, 0.6) is 5.75 Å². The van der Waals surface area contributed by atoms with E-state index in [1.54, 1.807) is 7.11 Å². The van der Waals surface area contributed by atoms with E-state index in [1.165, 1.54) is 5.57 Å². The summed E-state index contributed by atoms with van der Waals surface area (Å²) in [6.07, 6.45) is 3.81. The summed E-state index contributed by atoms with van der Waals surface area (Å²) >= 11 is 0. The predicted molar refractivity (Wildman–Crippen MR) is 172 cm³/mol. The van der Waals surface area contributed by atoms with Gasteiger partial charge < -0.3 is 28.5 Å². The number of benzene rings is 1. The van der Waals surface area contributed by atoms with Gasteiger partial charge in [0.05, 0.1) is 32.5 Å². The fourth-order valence-electron chi connectivity index (χ4n) is 3.79. The molecule has 3 atom stereocenters.